The van der Waals surface area contributed by atoms with Crippen molar-refractivity contribution in [1.29, 1.82) is 0 Å². The second kappa shape index (κ2) is 5.75. The third kappa shape index (κ3) is 2.82. The van der Waals surface area contributed by atoms with Crippen molar-refractivity contribution in [3.05, 3.63) is 23.2 Å². The first-order valence-electron chi connectivity index (χ1n) is 6.83. The van der Waals surface area contributed by atoms with Gasteiger partial charge in [0.15, 0.2) is 5.82 Å². The van der Waals surface area contributed by atoms with Gasteiger partial charge in [0.1, 0.15) is 0 Å². The van der Waals surface area contributed by atoms with Gasteiger partial charge in [0.05, 0.1) is 11.7 Å². The Bertz CT molecular complexity index is 515. The van der Waals surface area contributed by atoms with Crippen LogP contribution in [0.2, 0.25) is 0 Å². The standard InChI is InChI=1S/C14H19N3OS/c15-14-13(12-5-3-9-19-12)11(16-17-14)7-6-10-4-1-2-8-18-10/h3,5,9-10H,1-2,4,6-8H2,(H3,15,16,17). The minimum atomic E-state index is 0.398. The van der Waals surface area contributed by atoms with Crippen molar-refractivity contribution < 1.29 is 4.74 Å². The molecule has 1 aliphatic heterocycles. The van der Waals surface area contributed by atoms with Crippen molar-refractivity contribution >= 4 is 17.2 Å². The topological polar surface area (TPSA) is 63.9 Å². The summed E-state index contributed by atoms with van der Waals surface area (Å²) in [6, 6.07) is 4.13. The van der Waals surface area contributed by atoms with Crippen LogP contribution < -0.4 is 5.73 Å². The van der Waals surface area contributed by atoms with Crippen LogP contribution in [0.3, 0.4) is 0 Å². The highest BCUT2D eigenvalue weighted by Crippen LogP contribution is 2.32. The van der Waals surface area contributed by atoms with Gasteiger partial charge in [-0.1, -0.05) is 6.07 Å². The molecule has 2 aromatic rings. The van der Waals surface area contributed by atoms with Gasteiger partial charge >= 0.3 is 0 Å². The number of nitrogens with zero attached hydrogens (tertiary/aromatic N) is 1. The molecule has 1 saturated heterocycles. The van der Waals surface area contributed by atoms with Crippen LogP contribution in [-0.2, 0) is 11.2 Å². The molecule has 4 nitrogen and oxygen atoms in total. The van der Waals surface area contributed by atoms with E-state index in [1.165, 1.54) is 24.1 Å². The minimum absolute atomic E-state index is 0.398. The molecule has 0 radical (unpaired) electrons. The van der Waals surface area contributed by atoms with Crippen LogP contribution >= 0.6 is 11.3 Å². The zero-order valence-corrected chi connectivity index (χ0v) is 11.7. The Kier molecular flexibility index (Phi) is 3.84. The first-order valence-corrected chi connectivity index (χ1v) is 7.71. The van der Waals surface area contributed by atoms with E-state index in [2.05, 4.69) is 21.6 Å². The number of hydrogen-bond donors (Lipinski definition) is 2. The highest BCUT2D eigenvalue weighted by atomic mass is 32.1. The highest BCUT2D eigenvalue weighted by Gasteiger charge is 2.18. The molecule has 2 aromatic heterocycles. The maximum Gasteiger partial charge on any atom is 0.154 e. The number of ether oxygens (including phenoxy) is 1. The minimum Gasteiger partial charge on any atom is -0.382 e. The SMILES string of the molecule is Nc1n[nH]c(CCC2CCCCO2)c1-c1cccs1. The van der Waals surface area contributed by atoms with Crippen molar-refractivity contribution in [1.82, 2.24) is 10.2 Å². The zero-order chi connectivity index (χ0) is 13.1. The van der Waals surface area contributed by atoms with Crippen molar-refractivity contribution in [2.45, 2.75) is 38.2 Å². The van der Waals surface area contributed by atoms with Crippen molar-refractivity contribution in [3.8, 4) is 10.4 Å². The number of aromatic amines is 1. The second-order valence-electron chi connectivity index (χ2n) is 4.97. The van der Waals surface area contributed by atoms with Crippen molar-refractivity contribution in [2.75, 3.05) is 12.3 Å². The molecule has 1 aliphatic rings. The van der Waals surface area contributed by atoms with Crippen molar-refractivity contribution in [2.24, 2.45) is 0 Å². The fourth-order valence-electron chi connectivity index (χ4n) is 2.61. The summed E-state index contributed by atoms with van der Waals surface area (Å²) in [5.41, 5.74) is 8.18. The van der Waals surface area contributed by atoms with Gasteiger partial charge < -0.3 is 10.5 Å². The monoisotopic (exact) mass is 277 g/mol. The summed E-state index contributed by atoms with van der Waals surface area (Å²) < 4.78 is 5.77. The number of nitrogens with one attached hydrogen (secondary N) is 1. The number of nitrogen functional groups attached to an aromatic ring is 1. The van der Waals surface area contributed by atoms with Crippen LogP contribution in [0, 0.1) is 0 Å². The number of anilines is 1. The van der Waals surface area contributed by atoms with E-state index in [0.29, 0.717) is 11.9 Å². The fraction of sp³-hybridized carbons (Fsp3) is 0.500. The number of aryl methyl sites for hydroxylation is 1. The average Bonchev–Trinajstić information content (AvgIpc) is 3.07. The lowest BCUT2D eigenvalue weighted by molar-refractivity contribution is 0.0114. The second-order valence-corrected chi connectivity index (χ2v) is 5.91. The summed E-state index contributed by atoms with van der Waals surface area (Å²) in [7, 11) is 0. The smallest absolute Gasteiger partial charge is 0.154 e. The van der Waals surface area contributed by atoms with Gasteiger partial charge in [-0.25, -0.2) is 0 Å². The molecule has 3 heterocycles. The largest absolute Gasteiger partial charge is 0.382 e. The predicted octanol–water partition coefficient (Wildman–Crippen LogP) is 3.22. The molecular weight excluding hydrogens is 258 g/mol. The maximum absolute atomic E-state index is 5.97. The van der Waals surface area contributed by atoms with Crippen LogP contribution in [0.4, 0.5) is 5.82 Å². The first-order chi connectivity index (χ1) is 9.34. The molecule has 3 N–H and O–H groups in total. The molecule has 0 amide bonds. The molecule has 0 aromatic carbocycles. The van der Waals surface area contributed by atoms with Crippen LogP contribution in [0.1, 0.15) is 31.4 Å². The van der Waals surface area contributed by atoms with Gasteiger partial charge in [0.25, 0.3) is 0 Å². The molecule has 0 spiro atoms. The summed E-state index contributed by atoms with van der Waals surface area (Å²) >= 11 is 1.70. The Labute approximate surface area is 117 Å². The third-order valence-electron chi connectivity index (χ3n) is 3.63. The fourth-order valence-corrected chi connectivity index (χ4v) is 3.42. The molecule has 0 saturated carbocycles. The zero-order valence-electron chi connectivity index (χ0n) is 10.9. The molecule has 0 bridgehead atoms. The summed E-state index contributed by atoms with van der Waals surface area (Å²) in [6.45, 7) is 0.910. The summed E-state index contributed by atoms with van der Waals surface area (Å²) in [6.07, 6.45) is 6.05. The Morgan fingerprint density at radius 2 is 2.42 bits per heavy atom. The molecule has 1 fully saturated rings. The van der Waals surface area contributed by atoms with Gasteiger partial charge in [-0.05, 0) is 43.6 Å². The van der Waals surface area contributed by atoms with Gasteiger partial charge in [-0.2, -0.15) is 5.10 Å². The molecule has 102 valence electrons. The molecular formula is C14H19N3OS. The quantitative estimate of drug-likeness (QED) is 0.902. The van der Waals surface area contributed by atoms with E-state index in [1.807, 2.05) is 6.07 Å². The average molecular weight is 277 g/mol. The number of rotatable bonds is 4. The Hall–Kier alpha value is -1.33. The third-order valence-corrected chi connectivity index (χ3v) is 4.51. The number of thiophene rings is 1. The van der Waals surface area contributed by atoms with Crippen LogP contribution in [0.5, 0.6) is 0 Å². The van der Waals surface area contributed by atoms with Crippen LogP contribution in [-0.4, -0.2) is 22.9 Å². The highest BCUT2D eigenvalue weighted by molar-refractivity contribution is 7.13. The Balaban J connectivity index is 1.71. The lowest BCUT2D eigenvalue weighted by Gasteiger charge is -2.22. The van der Waals surface area contributed by atoms with E-state index < -0.39 is 0 Å². The van der Waals surface area contributed by atoms with Gasteiger partial charge in [0, 0.05) is 17.2 Å². The van der Waals surface area contributed by atoms with Crippen LogP contribution in [0.25, 0.3) is 10.4 Å². The van der Waals surface area contributed by atoms with Crippen LogP contribution in [0.15, 0.2) is 17.5 Å². The van der Waals surface area contributed by atoms with E-state index in [9.17, 15) is 0 Å². The Morgan fingerprint density at radius 1 is 1.47 bits per heavy atom. The molecule has 19 heavy (non-hydrogen) atoms. The molecule has 0 aliphatic carbocycles. The lowest BCUT2D eigenvalue weighted by Crippen LogP contribution is -2.19. The Morgan fingerprint density at radius 3 is 3.16 bits per heavy atom. The normalized spacial score (nSPS) is 19.7. The van der Waals surface area contributed by atoms with E-state index in [1.54, 1.807) is 11.3 Å². The number of nitrogens with two attached hydrogens (primary N) is 1. The lowest BCUT2D eigenvalue weighted by atomic mass is 10.0. The number of aromatic nitrogens is 2. The van der Waals surface area contributed by atoms with E-state index in [-0.39, 0.29) is 0 Å². The van der Waals surface area contributed by atoms with Gasteiger partial charge in [-0.15, -0.1) is 11.3 Å². The molecule has 3 rings (SSSR count). The maximum atomic E-state index is 5.97. The van der Waals surface area contributed by atoms with Crippen molar-refractivity contribution in [3.63, 3.8) is 0 Å². The predicted molar refractivity (Wildman–Crippen MR) is 78.2 cm³/mol. The summed E-state index contributed by atoms with van der Waals surface area (Å²) in [5.74, 6) is 0.599. The molecule has 5 heteroatoms. The number of H-pyrrole nitrogens is 1. The van der Waals surface area contributed by atoms with E-state index in [0.717, 1.165) is 30.7 Å². The van der Waals surface area contributed by atoms with E-state index >= 15 is 0 Å². The van der Waals surface area contributed by atoms with E-state index in [4.69, 9.17) is 10.5 Å². The van der Waals surface area contributed by atoms with Gasteiger partial charge in [-0.3, -0.25) is 5.10 Å². The van der Waals surface area contributed by atoms with Gasteiger partial charge in [0.2, 0.25) is 0 Å². The number of hydrogen-bond acceptors (Lipinski definition) is 4. The molecule has 1 atom stereocenters. The first kappa shape index (κ1) is 12.7. The summed E-state index contributed by atoms with van der Waals surface area (Å²) in [5, 5.41) is 9.30. The summed E-state index contributed by atoms with van der Waals surface area (Å²) in [4.78, 5) is 1.19. The molecule has 1 unspecified atom stereocenters.